The number of phenols is 1. The number of carbonyl (C=O) groups excluding carboxylic acids is 1. The van der Waals surface area contributed by atoms with Crippen molar-refractivity contribution in [2.75, 3.05) is 11.9 Å². The number of aryl methyl sites for hydroxylation is 2. The van der Waals surface area contributed by atoms with Gasteiger partial charge in [-0.2, -0.15) is 0 Å². The third kappa shape index (κ3) is 8.57. The van der Waals surface area contributed by atoms with Gasteiger partial charge < -0.3 is 35.4 Å². The minimum absolute atomic E-state index is 0.0644. The van der Waals surface area contributed by atoms with E-state index in [1.165, 1.54) is 12.1 Å². The molecule has 0 bridgehead atoms. The fraction of sp³-hybridized carbons (Fsp3) is 0.310. The van der Waals surface area contributed by atoms with Crippen LogP contribution in [0.5, 0.6) is 5.75 Å². The monoisotopic (exact) mass is 731 g/mol. The van der Waals surface area contributed by atoms with Gasteiger partial charge in [0.2, 0.25) is 5.56 Å². The van der Waals surface area contributed by atoms with E-state index in [0.717, 1.165) is 67.2 Å². The number of fused-ring (bicyclic) bond motifs is 2. The maximum Gasteiger partial charge on any atom is 0.419 e. The highest BCUT2D eigenvalue weighted by Gasteiger charge is 2.22. The predicted molar refractivity (Wildman–Crippen MR) is 209 cm³/mol. The predicted octanol–water partition coefficient (Wildman–Crippen LogP) is 6.47. The first-order valence-corrected chi connectivity index (χ1v) is 18.5. The van der Waals surface area contributed by atoms with Crippen LogP contribution in [0.3, 0.4) is 0 Å². The molecule has 0 saturated heterocycles. The second kappa shape index (κ2) is 16.5. The number of phenolic OH excluding ortho intramolecular Hbond substituents is 1. The lowest BCUT2D eigenvalue weighted by Gasteiger charge is -2.26. The summed E-state index contributed by atoms with van der Waals surface area (Å²) in [6.45, 7) is 1.13. The highest BCUT2D eigenvalue weighted by molar-refractivity contribution is 5.92. The Balaban J connectivity index is 0.945. The highest BCUT2D eigenvalue weighted by Crippen LogP contribution is 2.31. The maximum atomic E-state index is 13.0. The Labute approximate surface area is 311 Å². The van der Waals surface area contributed by atoms with Gasteiger partial charge in [-0.15, -0.1) is 0 Å². The molecule has 2 heterocycles. The largest absolute Gasteiger partial charge is 0.506 e. The van der Waals surface area contributed by atoms with Crippen LogP contribution in [-0.2, 0) is 24.2 Å². The molecule has 1 aliphatic carbocycles. The van der Waals surface area contributed by atoms with Crippen LogP contribution in [0.4, 0.5) is 10.5 Å². The summed E-state index contributed by atoms with van der Waals surface area (Å²) < 4.78 is 13.0. The molecule has 1 amide bonds. The minimum atomic E-state index is -0.894. The van der Waals surface area contributed by atoms with Gasteiger partial charge in [-0.1, -0.05) is 54.6 Å². The minimum Gasteiger partial charge on any atom is -0.506 e. The van der Waals surface area contributed by atoms with Crippen molar-refractivity contribution >= 4 is 33.8 Å². The number of nitrogens with one attached hydrogen (secondary N) is 3. The summed E-state index contributed by atoms with van der Waals surface area (Å²) >= 11 is 0. The van der Waals surface area contributed by atoms with Crippen LogP contribution < -0.4 is 27.7 Å². The topological polar surface area (TPSA) is 185 Å². The number of aromatic hydroxyl groups is 1. The fourth-order valence-corrected chi connectivity index (χ4v) is 7.26. The number of H-pyrrole nitrogens is 1. The molecular weight excluding hydrogens is 686 g/mol. The molecule has 7 N–H and O–H groups in total. The molecule has 0 aliphatic heterocycles. The molecule has 0 spiro atoms. The first-order chi connectivity index (χ1) is 26.2. The molecule has 1 atom stereocenters. The summed E-state index contributed by atoms with van der Waals surface area (Å²) in [6, 6.07) is 27.8. The number of rotatable bonds is 13. The Kier molecular flexibility index (Phi) is 11.2. The van der Waals surface area contributed by atoms with E-state index in [1.54, 1.807) is 16.7 Å². The van der Waals surface area contributed by atoms with E-state index < -0.39 is 18.0 Å². The molecule has 0 radical (unpaired) electrons. The van der Waals surface area contributed by atoms with Gasteiger partial charge in [0.25, 0.3) is 0 Å². The van der Waals surface area contributed by atoms with Gasteiger partial charge in [0.15, 0.2) is 5.58 Å². The number of hydrogen-bond donors (Lipinski definition) is 6. The zero-order chi connectivity index (χ0) is 37.6. The van der Waals surface area contributed by atoms with Gasteiger partial charge >= 0.3 is 11.8 Å². The van der Waals surface area contributed by atoms with E-state index in [0.29, 0.717) is 40.8 Å². The fourth-order valence-electron chi connectivity index (χ4n) is 7.26. The molecule has 2 aromatic heterocycles. The normalized spacial score (nSPS) is 16.4. The first-order valence-electron chi connectivity index (χ1n) is 18.5. The molecule has 1 aliphatic rings. The number of hydrogen-bond acceptors (Lipinski definition) is 9. The second-order valence-corrected chi connectivity index (χ2v) is 14.0. The number of ether oxygens (including phenoxy) is 1. The van der Waals surface area contributed by atoms with E-state index in [4.69, 9.17) is 14.9 Å². The Hall–Kier alpha value is -5.69. The summed E-state index contributed by atoms with van der Waals surface area (Å²) in [5, 5.41) is 27.8. The van der Waals surface area contributed by atoms with E-state index in [9.17, 15) is 24.6 Å². The number of aliphatic hydroxyl groups excluding tert-OH is 1. The second-order valence-electron chi connectivity index (χ2n) is 14.0. The number of aliphatic hydroxyl groups is 1. The number of oxazole rings is 1. The van der Waals surface area contributed by atoms with Crippen LogP contribution >= 0.6 is 0 Å². The lowest BCUT2D eigenvalue weighted by atomic mass is 9.94. The number of anilines is 1. The number of aromatic amines is 1. The summed E-state index contributed by atoms with van der Waals surface area (Å²) in [7, 11) is 0. The SMILES string of the molecule is NC1CCC(OC(=O)Nc2cc(CCCCn3c(=O)oc4cc(CNC[C@H](O)c5ccc(O)c6[nH]c(=O)ccc56)ccc43)ccc2-c2ccccc2)CC1. The Morgan fingerprint density at radius 2 is 1.74 bits per heavy atom. The number of benzene rings is 4. The molecule has 54 heavy (non-hydrogen) atoms. The van der Waals surface area contributed by atoms with Crippen molar-refractivity contribution in [1.29, 1.82) is 0 Å². The number of aromatic nitrogens is 2. The summed E-state index contributed by atoms with van der Waals surface area (Å²) in [5.74, 6) is -0.481. The zero-order valence-corrected chi connectivity index (χ0v) is 29.9. The molecule has 280 valence electrons. The first kappa shape index (κ1) is 36.7. The third-order valence-corrected chi connectivity index (χ3v) is 10.2. The van der Waals surface area contributed by atoms with Gasteiger partial charge in [-0.05, 0) is 97.5 Å². The number of unbranched alkanes of at least 4 members (excludes halogenated alkanes) is 1. The Morgan fingerprint density at radius 1 is 0.944 bits per heavy atom. The van der Waals surface area contributed by atoms with Crippen molar-refractivity contribution in [1.82, 2.24) is 14.9 Å². The van der Waals surface area contributed by atoms with Crippen LogP contribution in [0.2, 0.25) is 0 Å². The maximum absolute atomic E-state index is 13.0. The average molecular weight is 732 g/mol. The van der Waals surface area contributed by atoms with Crippen molar-refractivity contribution in [3.05, 3.63) is 129 Å². The molecule has 12 nitrogen and oxygen atoms in total. The van der Waals surface area contributed by atoms with Gasteiger partial charge in [0, 0.05) is 42.7 Å². The molecule has 6 aromatic rings. The number of amides is 1. The lowest BCUT2D eigenvalue weighted by Crippen LogP contribution is -2.32. The van der Waals surface area contributed by atoms with Gasteiger partial charge in [0.05, 0.1) is 22.8 Å². The van der Waals surface area contributed by atoms with Crippen molar-refractivity contribution < 1.29 is 24.2 Å². The number of nitrogens with two attached hydrogens (primary N) is 1. The Morgan fingerprint density at radius 3 is 2.56 bits per heavy atom. The summed E-state index contributed by atoms with van der Waals surface area (Å²) in [5.41, 5.74) is 12.3. The van der Waals surface area contributed by atoms with E-state index >= 15 is 0 Å². The summed E-state index contributed by atoms with van der Waals surface area (Å²) in [4.78, 5) is 40.2. The molecule has 0 unspecified atom stereocenters. The van der Waals surface area contributed by atoms with Crippen LogP contribution in [0.15, 0.2) is 105 Å². The van der Waals surface area contributed by atoms with Crippen LogP contribution in [-0.4, -0.2) is 44.5 Å². The van der Waals surface area contributed by atoms with Crippen LogP contribution in [0.25, 0.3) is 33.1 Å². The van der Waals surface area contributed by atoms with Gasteiger partial charge in [0.1, 0.15) is 11.9 Å². The van der Waals surface area contributed by atoms with Crippen LogP contribution in [0.1, 0.15) is 61.3 Å². The van der Waals surface area contributed by atoms with Crippen molar-refractivity contribution in [3.8, 4) is 16.9 Å². The number of carbonyl (C=O) groups is 1. The van der Waals surface area contributed by atoms with Crippen LogP contribution in [0, 0.1) is 0 Å². The van der Waals surface area contributed by atoms with Gasteiger partial charge in [-0.3, -0.25) is 14.7 Å². The van der Waals surface area contributed by atoms with E-state index in [-0.39, 0.29) is 35.5 Å². The van der Waals surface area contributed by atoms with Crippen molar-refractivity contribution in [3.63, 3.8) is 0 Å². The van der Waals surface area contributed by atoms with E-state index in [2.05, 4.69) is 21.7 Å². The molecule has 7 rings (SSSR count). The molecule has 1 fully saturated rings. The number of pyridine rings is 1. The molecule has 12 heteroatoms. The van der Waals surface area contributed by atoms with Gasteiger partial charge in [-0.25, -0.2) is 9.59 Å². The standard InChI is InChI=1S/C42H45N5O7/c43-29-11-13-30(14-12-29)53-41(51)45-34-22-26(9-15-31(34)28-7-2-1-3-8-28)6-4-5-21-47-35-18-10-27(23-38(35)54-42(47)52)24-44-25-37(49)32-16-19-36(48)40-33(32)17-20-39(50)46-40/h1-3,7-10,15-20,22-23,29-30,37,44,48-49H,4-6,11-14,21,24-25,43H2,(H,45,51)(H,46,50)/t29?,30?,37-/m0/s1. The smallest absolute Gasteiger partial charge is 0.419 e. The zero-order valence-electron chi connectivity index (χ0n) is 29.9. The number of nitrogens with zero attached hydrogens (tertiary/aromatic N) is 1. The quantitative estimate of drug-likeness (QED) is 0.0725. The molecule has 4 aromatic carbocycles. The van der Waals surface area contributed by atoms with Crippen molar-refractivity contribution in [2.45, 2.75) is 76.3 Å². The Bertz CT molecular complexity index is 2360. The average Bonchev–Trinajstić information content (AvgIpc) is 3.48. The van der Waals surface area contributed by atoms with Crippen molar-refractivity contribution in [2.24, 2.45) is 5.73 Å². The lowest BCUT2D eigenvalue weighted by molar-refractivity contribution is 0.0826. The summed E-state index contributed by atoms with van der Waals surface area (Å²) in [6.07, 6.45) is 4.06. The third-order valence-electron chi connectivity index (χ3n) is 10.2. The van der Waals surface area contributed by atoms with E-state index in [1.807, 2.05) is 60.7 Å². The molecule has 1 saturated carbocycles. The highest BCUT2D eigenvalue weighted by atomic mass is 16.6. The molecular formula is C42H45N5O7.